The summed E-state index contributed by atoms with van der Waals surface area (Å²) in [5, 5.41) is 37.4. The lowest BCUT2D eigenvalue weighted by Crippen LogP contribution is -2.30. The molecule has 6 aromatic rings. The highest BCUT2D eigenvalue weighted by atomic mass is 16.5. The molecule has 6 aromatic carbocycles. The van der Waals surface area contributed by atoms with E-state index in [9.17, 15) is 21.0 Å². The maximum absolute atomic E-state index is 9.44. The van der Waals surface area contributed by atoms with Gasteiger partial charge in [-0.3, -0.25) is 0 Å². The minimum Gasteiger partial charge on any atom is -0.457 e. The molecule has 0 fully saturated rings. The lowest BCUT2D eigenvalue weighted by molar-refractivity contribution is 0.481. The van der Waals surface area contributed by atoms with Crippen LogP contribution in [0.15, 0.2) is 146 Å². The quantitative estimate of drug-likeness (QED) is 0.160. The Bertz CT molecular complexity index is 2060. The molecule has 0 unspecified atom stereocenters. The van der Waals surface area contributed by atoms with Crippen molar-refractivity contribution < 1.29 is 9.47 Å². The van der Waals surface area contributed by atoms with Crippen molar-refractivity contribution in [3.8, 4) is 47.3 Å². The summed E-state index contributed by atoms with van der Waals surface area (Å²) < 4.78 is 12.2. The standard InChI is InChI=1S/C41H24N4O2/c42-25-29-11-17-39(23-31(29)27-44)46-37-19-13-35(14-20-37)41(33-7-3-1-4-8-33,34-9-5-2-6-10-34)36-15-21-38(22-16-36)47-40-18-12-30(26-43)32(24-40)28-45/h1-24H. The van der Waals surface area contributed by atoms with E-state index < -0.39 is 5.41 Å². The van der Waals surface area contributed by atoms with Crippen molar-refractivity contribution in [3.63, 3.8) is 0 Å². The Morgan fingerprint density at radius 1 is 0.340 bits per heavy atom. The average molecular weight is 605 g/mol. The van der Waals surface area contributed by atoms with E-state index in [-0.39, 0.29) is 11.1 Å². The molecule has 0 saturated carbocycles. The van der Waals surface area contributed by atoms with Crippen molar-refractivity contribution in [1.82, 2.24) is 0 Å². The molecule has 0 aromatic heterocycles. The van der Waals surface area contributed by atoms with Crippen LogP contribution in [0.3, 0.4) is 0 Å². The smallest absolute Gasteiger partial charge is 0.128 e. The summed E-state index contributed by atoms with van der Waals surface area (Å²) in [5.41, 5.74) is 4.51. The molecule has 220 valence electrons. The zero-order valence-electron chi connectivity index (χ0n) is 25.0. The van der Waals surface area contributed by atoms with Crippen molar-refractivity contribution >= 4 is 0 Å². The van der Waals surface area contributed by atoms with Crippen LogP contribution < -0.4 is 9.47 Å². The second-order valence-electron chi connectivity index (χ2n) is 10.6. The van der Waals surface area contributed by atoms with E-state index in [1.807, 2.05) is 109 Å². The molecule has 6 heteroatoms. The van der Waals surface area contributed by atoms with Gasteiger partial charge in [-0.1, -0.05) is 84.9 Å². The number of hydrogen-bond acceptors (Lipinski definition) is 6. The summed E-state index contributed by atoms with van der Waals surface area (Å²) in [5.74, 6) is 2.09. The zero-order valence-corrected chi connectivity index (χ0v) is 25.0. The number of nitriles is 4. The molecule has 0 saturated heterocycles. The van der Waals surface area contributed by atoms with Gasteiger partial charge in [0.15, 0.2) is 0 Å². The topological polar surface area (TPSA) is 114 Å². The van der Waals surface area contributed by atoms with Crippen molar-refractivity contribution in [2.24, 2.45) is 0 Å². The molecule has 0 amide bonds. The Balaban J connectivity index is 1.42. The monoisotopic (exact) mass is 604 g/mol. The SMILES string of the molecule is N#Cc1ccc(Oc2ccc(C(c3ccccc3)(c3ccccc3)c3ccc(Oc4ccc(C#N)c(C#N)c4)cc3)cc2)cc1C#N. The lowest BCUT2D eigenvalue weighted by atomic mass is 9.65. The second-order valence-corrected chi connectivity index (χ2v) is 10.6. The summed E-state index contributed by atoms with van der Waals surface area (Å²) in [6, 6.07) is 54.1. The zero-order chi connectivity index (χ0) is 32.6. The van der Waals surface area contributed by atoms with E-state index in [2.05, 4.69) is 24.3 Å². The summed E-state index contributed by atoms with van der Waals surface area (Å²) in [4.78, 5) is 0. The molecular formula is C41H24N4O2. The Morgan fingerprint density at radius 3 is 1.00 bits per heavy atom. The molecule has 0 aliphatic carbocycles. The first-order chi connectivity index (χ1) is 23.1. The fourth-order valence-electron chi connectivity index (χ4n) is 5.75. The van der Waals surface area contributed by atoms with Crippen molar-refractivity contribution in [2.75, 3.05) is 0 Å². The molecule has 0 bridgehead atoms. The van der Waals surface area contributed by atoms with E-state index in [0.29, 0.717) is 34.1 Å². The van der Waals surface area contributed by atoms with Gasteiger partial charge in [-0.25, -0.2) is 0 Å². The molecule has 0 aliphatic rings. The van der Waals surface area contributed by atoms with Crippen LogP contribution in [0.5, 0.6) is 23.0 Å². The lowest BCUT2D eigenvalue weighted by Gasteiger charge is -2.37. The maximum Gasteiger partial charge on any atom is 0.128 e. The summed E-state index contributed by atoms with van der Waals surface area (Å²) in [6.07, 6.45) is 0. The van der Waals surface area contributed by atoms with Gasteiger partial charge >= 0.3 is 0 Å². The summed E-state index contributed by atoms with van der Waals surface area (Å²) in [6.45, 7) is 0. The minimum absolute atomic E-state index is 0.255. The Hall–Kier alpha value is -7.12. The van der Waals surface area contributed by atoms with Crippen LogP contribution in [-0.4, -0.2) is 0 Å². The summed E-state index contributed by atoms with van der Waals surface area (Å²) in [7, 11) is 0. The van der Waals surface area contributed by atoms with Gasteiger partial charge in [0.2, 0.25) is 0 Å². The van der Waals surface area contributed by atoms with Gasteiger partial charge in [-0.15, -0.1) is 0 Å². The van der Waals surface area contributed by atoms with Crippen LogP contribution in [0.1, 0.15) is 44.5 Å². The van der Waals surface area contributed by atoms with Gasteiger partial charge < -0.3 is 9.47 Å². The predicted molar refractivity (Wildman–Crippen MR) is 177 cm³/mol. The first kappa shape index (κ1) is 29.9. The third-order valence-corrected chi connectivity index (χ3v) is 7.92. The number of benzene rings is 6. The van der Waals surface area contributed by atoms with Crippen LogP contribution in [0.4, 0.5) is 0 Å². The molecule has 47 heavy (non-hydrogen) atoms. The minimum atomic E-state index is -0.718. The van der Waals surface area contributed by atoms with Crippen LogP contribution in [0, 0.1) is 45.3 Å². The van der Waals surface area contributed by atoms with Gasteiger partial charge in [0.1, 0.15) is 47.3 Å². The van der Waals surface area contributed by atoms with Crippen molar-refractivity contribution in [1.29, 1.82) is 21.0 Å². The van der Waals surface area contributed by atoms with Gasteiger partial charge in [-0.2, -0.15) is 21.0 Å². The third-order valence-electron chi connectivity index (χ3n) is 7.92. The molecule has 6 nitrogen and oxygen atoms in total. The first-order valence-electron chi connectivity index (χ1n) is 14.7. The highest BCUT2D eigenvalue weighted by molar-refractivity contribution is 5.61. The van der Waals surface area contributed by atoms with E-state index >= 15 is 0 Å². The van der Waals surface area contributed by atoms with Crippen LogP contribution in [0.25, 0.3) is 0 Å². The Kier molecular flexibility index (Phi) is 8.44. The van der Waals surface area contributed by atoms with Gasteiger partial charge in [0, 0.05) is 0 Å². The fraction of sp³-hybridized carbons (Fsp3) is 0.0244. The highest BCUT2D eigenvalue weighted by Crippen LogP contribution is 2.46. The van der Waals surface area contributed by atoms with E-state index in [4.69, 9.17) is 9.47 Å². The maximum atomic E-state index is 9.44. The van der Waals surface area contributed by atoms with Crippen molar-refractivity contribution in [3.05, 3.63) is 190 Å². The molecule has 0 heterocycles. The average Bonchev–Trinajstić information content (AvgIpc) is 3.14. The normalized spacial score (nSPS) is 10.5. The molecule has 0 atom stereocenters. The molecule has 0 spiro atoms. The van der Waals surface area contributed by atoms with Crippen LogP contribution >= 0.6 is 0 Å². The van der Waals surface area contributed by atoms with Gasteiger partial charge in [0.05, 0.1) is 27.7 Å². The number of nitrogens with zero attached hydrogens (tertiary/aromatic N) is 4. The van der Waals surface area contributed by atoms with E-state index in [1.165, 1.54) is 0 Å². The largest absolute Gasteiger partial charge is 0.457 e. The molecule has 0 radical (unpaired) electrons. The van der Waals surface area contributed by atoms with E-state index in [1.54, 1.807) is 36.4 Å². The summed E-state index contributed by atoms with van der Waals surface area (Å²) >= 11 is 0. The fourth-order valence-corrected chi connectivity index (χ4v) is 5.75. The highest BCUT2D eigenvalue weighted by Gasteiger charge is 2.38. The van der Waals surface area contributed by atoms with Crippen molar-refractivity contribution in [2.45, 2.75) is 5.41 Å². The predicted octanol–water partition coefficient (Wildman–Crippen LogP) is 9.14. The number of rotatable bonds is 8. The Morgan fingerprint density at radius 2 is 0.660 bits per heavy atom. The molecular weight excluding hydrogens is 580 g/mol. The van der Waals surface area contributed by atoms with Gasteiger partial charge in [-0.05, 0) is 82.9 Å². The Labute approximate surface area is 272 Å². The number of hydrogen-bond donors (Lipinski definition) is 0. The van der Waals surface area contributed by atoms with E-state index in [0.717, 1.165) is 22.3 Å². The second kappa shape index (κ2) is 13.3. The number of ether oxygens (including phenoxy) is 2. The van der Waals surface area contributed by atoms with Crippen LogP contribution in [0.2, 0.25) is 0 Å². The van der Waals surface area contributed by atoms with Crippen LogP contribution in [-0.2, 0) is 5.41 Å². The van der Waals surface area contributed by atoms with Gasteiger partial charge in [0.25, 0.3) is 0 Å². The third kappa shape index (κ3) is 5.87. The first-order valence-corrected chi connectivity index (χ1v) is 14.7. The molecule has 0 aliphatic heterocycles. The molecule has 6 rings (SSSR count). The molecule has 0 N–H and O–H groups in total.